The molecule has 0 fully saturated rings. The molecule has 4 heterocycles. The third-order valence-corrected chi connectivity index (χ3v) is 5.43. The second-order valence-electron chi connectivity index (χ2n) is 9.17. The van der Waals surface area contributed by atoms with Gasteiger partial charge < -0.3 is 24.4 Å². The van der Waals surface area contributed by atoms with Gasteiger partial charge in [-0.2, -0.15) is 0 Å². The molecule has 35 heavy (non-hydrogen) atoms. The van der Waals surface area contributed by atoms with Gasteiger partial charge in [0.05, 0.1) is 32.2 Å². The molecule has 2 aliphatic heterocycles. The fourth-order valence-electron chi connectivity index (χ4n) is 3.67. The van der Waals surface area contributed by atoms with Crippen LogP contribution in [0.1, 0.15) is 64.3 Å². The van der Waals surface area contributed by atoms with Crippen molar-refractivity contribution in [3.8, 4) is 0 Å². The maximum absolute atomic E-state index is 12.1. The fourth-order valence-corrected chi connectivity index (χ4v) is 3.67. The van der Waals surface area contributed by atoms with E-state index in [0.717, 1.165) is 36.5 Å². The first-order valence-electron chi connectivity index (χ1n) is 11.4. The first kappa shape index (κ1) is 26.1. The summed E-state index contributed by atoms with van der Waals surface area (Å²) in [6.45, 7) is 8.13. The molecule has 10 heteroatoms. The second-order valence-corrected chi connectivity index (χ2v) is 9.17. The minimum absolute atomic E-state index is 0.252. The third kappa shape index (κ3) is 6.98. The number of fused-ring (bicyclic) bond motifs is 2. The highest BCUT2D eigenvalue weighted by molar-refractivity contribution is 5.87. The second kappa shape index (κ2) is 11.3. The van der Waals surface area contributed by atoms with E-state index in [0.29, 0.717) is 25.2 Å². The Hall–Kier alpha value is -3.53. The van der Waals surface area contributed by atoms with Crippen LogP contribution in [0.5, 0.6) is 0 Å². The predicted molar refractivity (Wildman–Crippen MR) is 127 cm³/mol. The largest absolute Gasteiger partial charge is 0.464 e. The Balaban J connectivity index is 0.000000211. The van der Waals surface area contributed by atoms with Crippen molar-refractivity contribution < 1.29 is 28.6 Å². The highest BCUT2D eigenvalue weighted by Gasteiger charge is 2.27. The van der Waals surface area contributed by atoms with E-state index in [9.17, 15) is 14.4 Å². The smallest absolute Gasteiger partial charge is 0.410 e. The summed E-state index contributed by atoms with van der Waals surface area (Å²) in [6, 6.07) is 7.18. The van der Waals surface area contributed by atoms with Crippen molar-refractivity contribution in [2.24, 2.45) is 0 Å². The Bertz CT molecular complexity index is 1100. The third-order valence-electron chi connectivity index (χ3n) is 5.43. The number of rotatable bonds is 2. The number of methoxy groups -OCH3 is 2. The molecule has 4 rings (SSSR count). The summed E-state index contributed by atoms with van der Waals surface area (Å²) < 4.78 is 14.6. The number of amides is 1. The average Bonchev–Trinajstić information content (AvgIpc) is 2.86. The molecular formula is C25H32N4O6. The van der Waals surface area contributed by atoms with Crippen LogP contribution in [0.2, 0.25) is 0 Å². The Morgan fingerprint density at radius 3 is 2.03 bits per heavy atom. The van der Waals surface area contributed by atoms with Gasteiger partial charge >= 0.3 is 18.0 Å². The molecule has 0 unspecified atom stereocenters. The van der Waals surface area contributed by atoms with Crippen molar-refractivity contribution in [1.82, 2.24) is 20.2 Å². The maximum Gasteiger partial charge on any atom is 0.410 e. The zero-order chi connectivity index (χ0) is 25.6. The van der Waals surface area contributed by atoms with Gasteiger partial charge in [-0.25, -0.2) is 24.4 Å². The minimum Gasteiger partial charge on any atom is -0.464 e. The van der Waals surface area contributed by atoms with E-state index >= 15 is 0 Å². The van der Waals surface area contributed by atoms with Crippen LogP contribution in [0.15, 0.2) is 24.3 Å². The summed E-state index contributed by atoms with van der Waals surface area (Å²) in [5.74, 6) is -0.856. The number of hydrogen-bond acceptors (Lipinski definition) is 9. The van der Waals surface area contributed by atoms with Crippen LogP contribution < -0.4 is 5.32 Å². The zero-order valence-electron chi connectivity index (χ0n) is 20.8. The van der Waals surface area contributed by atoms with Crippen LogP contribution in [0, 0.1) is 0 Å². The molecule has 0 saturated carbocycles. The highest BCUT2D eigenvalue weighted by atomic mass is 16.6. The van der Waals surface area contributed by atoms with Crippen molar-refractivity contribution in [3.63, 3.8) is 0 Å². The van der Waals surface area contributed by atoms with E-state index in [1.54, 1.807) is 17.0 Å². The molecular weight excluding hydrogens is 452 g/mol. The van der Waals surface area contributed by atoms with Gasteiger partial charge in [0.15, 0.2) is 0 Å². The first-order valence-corrected chi connectivity index (χ1v) is 11.4. The monoisotopic (exact) mass is 484 g/mol. The van der Waals surface area contributed by atoms with Crippen LogP contribution >= 0.6 is 0 Å². The van der Waals surface area contributed by atoms with Gasteiger partial charge in [0.1, 0.15) is 17.0 Å². The number of nitrogens with one attached hydrogen (secondary N) is 1. The number of carbonyl (C=O) groups is 3. The molecule has 1 N–H and O–H groups in total. The average molecular weight is 485 g/mol. The van der Waals surface area contributed by atoms with Gasteiger partial charge in [-0.3, -0.25) is 0 Å². The summed E-state index contributed by atoms with van der Waals surface area (Å²) in [7, 11) is 2.68. The van der Waals surface area contributed by atoms with Crippen LogP contribution in [-0.4, -0.2) is 65.8 Å². The van der Waals surface area contributed by atoms with Crippen LogP contribution in [0.3, 0.4) is 0 Å². The highest BCUT2D eigenvalue weighted by Crippen LogP contribution is 2.20. The molecule has 1 amide bonds. The van der Waals surface area contributed by atoms with Crippen molar-refractivity contribution in [1.29, 1.82) is 0 Å². The lowest BCUT2D eigenvalue weighted by molar-refractivity contribution is 0.0220. The van der Waals surface area contributed by atoms with Crippen LogP contribution in [-0.2, 0) is 40.1 Å². The molecule has 2 aromatic rings. The molecule has 0 aromatic carbocycles. The van der Waals surface area contributed by atoms with Crippen molar-refractivity contribution in [2.75, 3.05) is 27.3 Å². The van der Waals surface area contributed by atoms with Gasteiger partial charge in [0.25, 0.3) is 0 Å². The summed E-state index contributed by atoms with van der Waals surface area (Å²) in [5, 5.41) is 3.21. The van der Waals surface area contributed by atoms with E-state index in [1.165, 1.54) is 19.8 Å². The van der Waals surface area contributed by atoms with E-state index in [-0.39, 0.29) is 17.8 Å². The molecule has 0 spiro atoms. The lowest BCUT2D eigenvalue weighted by Crippen LogP contribution is -2.40. The Morgan fingerprint density at radius 1 is 0.886 bits per heavy atom. The van der Waals surface area contributed by atoms with E-state index in [1.807, 2.05) is 32.9 Å². The predicted octanol–water partition coefficient (Wildman–Crippen LogP) is 2.68. The number of esters is 2. The summed E-state index contributed by atoms with van der Waals surface area (Å²) in [6.07, 6.45) is 1.31. The molecule has 0 saturated heterocycles. The summed E-state index contributed by atoms with van der Waals surface area (Å²) in [5.41, 5.74) is 4.05. The number of hydrogen-bond donors (Lipinski definition) is 1. The van der Waals surface area contributed by atoms with Gasteiger partial charge in [-0.05, 0) is 63.4 Å². The summed E-state index contributed by atoms with van der Waals surface area (Å²) >= 11 is 0. The van der Waals surface area contributed by atoms with Gasteiger partial charge in [-0.1, -0.05) is 12.1 Å². The normalized spacial score (nSPS) is 14.5. The molecule has 2 aliphatic rings. The number of pyridine rings is 2. The van der Waals surface area contributed by atoms with Gasteiger partial charge in [0, 0.05) is 13.1 Å². The number of ether oxygens (including phenoxy) is 3. The van der Waals surface area contributed by atoms with Gasteiger partial charge in [0.2, 0.25) is 0 Å². The standard InChI is InChI=1S/C15H20N2O4.C10H12N2O2/c1-15(2,3)21-14(19)17-8-7-10-5-6-11(13(18)20-4)16-12(10)9-17;1-14-10(13)8-3-2-7-4-5-11-6-9(7)12-8/h5-6H,7-9H2,1-4H3;2-3,11H,4-6H2,1H3. The first-order chi connectivity index (χ1) is 16.6. The number of carbonyl (C=O) groups excluding carboxylic acids is 3. The Morgan fingerprint density at radius 2 is 1.46 bits per heavy atom. The number of aromatic nitrogens is 2. The van der Waals surface area contributed by atoms with Gasteiger partial charge in [-0.15, -0.1) is 0 Å². The lowest BCUT2D eigenvalue weighted by Gasteiger charge is -2.30. The molecule has 0 bridgehead atoms. The minimum atomic E-state index is -0.529. The lowest BCUT2D eigenvalue weighted by atomic mass is 10.0. The van der Waals surface area contributed by atoms with E-state index in [2.05, 4.69) is 24.8 Å². The van der Waals surface area contributed by atoms with Crippen LogP contribution in [0.4, 0.5) is 4.79 Å². The molecule has 0 radical (unpaired) electrons. The Kier molecular flexibility index (Phi) is 8.39. The van der Waals surface area contributed by atoms with Crippen molar-refractivity contribution >= 4 is 18.0 Å². The zero-order valence-corrected chi connectivity index (χ0v) is 20.8. The molecule has 0 atom stereocenters. The topological polar surface area (TPSA) is 120 Å². The fraction of sp³-hybridized carbons (Fsp3) is 0.480. The van der Waals surface area contributed by atoms with E-state index in [4.69, 9.17) is 4.74 Å². The quantitative estimate of drug-likeness (QED) is 0.507. The molecule has 188 valence electrons. The molecule has 2 aromatic heterocycles. The number of nitrogens with zero attached hydrogens (tertiary/aromatic N) is 3. The van der Waals surface area contributed by atoms with Crippen molar-refractivity contribution in [2.45, 2.75) is 52.3 Å². The Labute approximate surface area is 205 Å². The van der Waals surface area contributed by atoms with Crippen LogP contribution in [0.25, 0.3) is 0 Å². The molecule has 10 nitrogen and oxygen atoms in total. The SMILES string of the molecule is COC(=O)c1ccc2c(n1)CN(C(=O)OC(C)(C)C)CC2.COC(=O)c1ccc2c(n1)CNCC2. The maximum atomic E-state index is 12.1. The van der Waals surface area contributed by atoms with Crippen molar-refractivity contribution in [3.05, 3.63) is 58.2 Å². The molecule has 0 aliphatic carbocycles. The van der Waals surface area contributed by atoms with E-state index < -0.39 is 11.6 Å². The summed E-state index contributed by atoms with van der Waals surface area (Å²) in [4.78, 5) is 44.9.